The number of hydrogen-bond acceptors (Lipinski definition) is 3. The Bertz CT molecular complexity index is 738. The van der Waals surface area contributed by atoms with Gasteiger partial charge in [0, 0.05) is 16.6 Å². The van der Waals surface area contributed by atoms with E-state index in [-0.39, 0.29) is 0 Å². The molecule has 0 aliphatic rings. The zero-order chi connectivity index (χ0) is 13.2. The Morgan fingerprint density at radius 3 is 2.63 bits per heavy atom. The van der Waals surface area contributed by atoms with Gasteiger partial charge in [-0.25, -0.2) is 9.97 Å². The summed E-state index contributed by atoms with van der Waals surface area (Å²) in [5, 5.41) is 1.09. The van der Waals surface area contributed by atoms with Crippen molar-refractivity contribution in [3.05, 3.63) is 54.2 Å². The summed E-state index contributed by atoms with van der Waals surface area (Å²) in [4.78, 5) is 9.20. The second kappa shape index (κ2) is 4.69. The first-order valence-electron chi connectivity index (χ1n) is 6.16. The molecule has 19 heavy (non-hydrogen) atoms. The molecule has 3 heteroatoms. The fourth-order valence-corrected chi connectivity index (χ4v) is 2.13. The van der Waals surface area contributed by atoms with Gasteiger partial charge in [-0.15, -0.1) is 0 Å². The van der Waals surface area contributed by atoms with E-state index < -0.39 is 0 Å². The van der Waals surface area contributed by atoms with Crippen LogP contribution in [0.4, 0.5) is 0 Å². The molecule has 3 rings (SSSR count). The molecule has 0 aliphatic heterocycles. The lowest BCUT2D eigenvalue weighted by atomic mass is 10.1. The molecule has 0 saturated heterocycles. The minimum atomic E-state index is 0.732. The molecule has 2 aromatic carbocycles. The highest BCUT2D eigenvalue weighted by Gasteiger charge is 2.06. The molecule has 0 atom stereocenters. The number of aryl methyl sites for hydroxylation is 1. The third-order valence-electron chi connectivity index (χ3n) is 3.12. The van der Waals surface area contributed by atoms with Crippen LogP contribution in [0.1, 0.15) is 5.69 Å². The third-order valence-corrected chi connectivity index (χ3v) is 3.12. The lowest BCUT2D eigenvalue weighted by Gasteiger charge is -2.07. The van der Waals surface area contributed by atoms with Crippen LogP contribution in [0.25, 0.3) is 22.3 Å². The molecule has 1 heterocycles. The number of methoxy groups -OCH3 is 1. The molecule has 94 valence electrons. The Morgan fingerprint density at radius 2 is 1.79 bits per heavy atom. The first-order chi connectivity index (χ1) is 9.28. The van der Waals surface area contributed by atoms with Crippen molar-refractivity contribution in [3.8, 4) is 17.1 Å². The van der Waals surface area contributed by atoms with Crippen molar-refractivity contribution in [2.75, 3.05) is 7.11 Å². The van der Waals surface area contributed by atoms with Gasteiger partial charge in [0.25, 0.3) is 0 Å². The molecule has 1 aromatic heterocycles. The summed E-state index contributed by atoms with van der Waals surface area (Å²) < 4.78 is 5.24. The molecule has 0 bridgehead atoms. The van der Waals surface area contributed by atoms with E-state index in [0.717, 1.165) is 33.7 Å². The maximum Gasteiger partial charge on any atom is 0.160 e. The largest absolute Gasteiger partial charge is 0.497 e. The quantitative estimate of drug-likeness (QED) is 0.696. The molecule has 0 radical (unpaired) electrons. The summed E-state index contributed by atoms with van der Waals surface area (Å²) in [7, 11) is 1.66. The van der Waals surface area contributed by atoms with E-state index in [1.165, 1.54) is 0 Å². The van der Waals surface area contributed by atoms with Gasteiger partial charge in [0.05, 0.1) is 12.6 Å². The van der Waals surface area contributed by atoms with Gasteiger partial charge in [-0.2, -0.15) is 0 Å². The summed E-state index contributed by atoms with van der Waals surface area (Å²) in [6, 6.07) is 15.8. The number of ether oxygens (including phenoxy) is 1. The SMILES string of the molecule is COc1cccc(-c2nc(C)c3ccccc3n2)c1. The highest BCUT2D eigenvalue weighted by atomic mass is 16.5. The average Bonchev–Trinajstić information content (AvgIpc) is 2.47. The second-order valence-corrected chi connectivity index (χ2v) is 4.38. The van der Waals surface area contributed by atoms with Crippen LogP contribution in [0.2, 0.25) is 0 Å². The van der Waals surface area contributed by atoms with E-state index in [1.54, 1.807) is 7.11 Å². The van der Waals surface area contributed by atoms with Gasteiger partial charge in [0.1, 0.15) is 5.75 Å². The number of aromatic nitrogens is 2. The van der Waals surface area contributed by atoms with E-state index in [0.29, 0.717) is 0 Å². The van der Waals surface area contributed by atoms with Crippen molar-refractivity contribution in [1.82, 2.24) is 9.97 Å². The van der Waals surface area contributed by atoms with Gasteiger partial charge in [-0.3, -0.25) is 0 Å². The normalized spacial score (nSPS) is 10.6. The van der Waals surface area contributed by atoms with Crippen molar-refractivity contribution < 1.29 is 4.74 Å². The standard InChI is InChI=1S/C16H14N2O/c1-11-14-8-3-4-9-15(14)18-16(17-11)12-6-5-7-13(10-12)19-2/h3-10H,1-2H3. The van der Waals surface area contributed by atoms with Crippen LogP contribution in [0.3, 0.4) is 0 Å². The summed E-state index contributed by atoms with van der Waals surface area (Å²) >= 11 is 0. The fraction of sp³-hybridized carbons (Fsp3) is 0.125. The minimum Gasteiger partial charge on any atom is -0.497 e. The number of hydrogen-bond donors (Lipinski definition) is 0. The number of nitrogens with zero attached hydrogens (tertiary/aromatic N) is 2. The predicted molar refractivity (Wildman–Crippen MR) is 76.3 cm³/mol. The second-order valence-electron chi connectivity index (χ2n) is 4.38. The Morgan fingerprint density at radius 1 is 0.947 bits per heavy atom. The van der Waals surface area contributed by atoms with Crippen molar-refractivity contribution in [3.63, 3.8) is 0 Å². The van der Waals surface area contributed by atoms with Crippen molar-refractivity contribution in [2.24, 2.45) is 0 Å². The molecule has 0 spiro atoms. The van der Waals surface area contributed by atoms with E-state index in [1.807, 2.05) is 55.5 Å². The van der Waals surface area contributed by atoms with Crippen molar-refractivity contribution in [1.29, 1.82) is 0 Å². The molecule has 0 N–H and O–H groups in total. The summed E-state index contributed by atoms with van der Waals surface area (Å²) in [6.45, 7) is 2.01. The Hall–Kier alpha value is -2.42. The summed E-state index contributed by atoms with van der Waals surface area (Å²) in [5.41, 5.74) is 2.92. The monoisotopic (exact) mass is 250 g/mol. The molecule has 0 amide bonds. The Kier molecular flexibility index (Phi) is 2.88. The van der Waals surface area contributed by atoms with Crippen LogP contribution in [-0.4, -0.2) is 17.1 Å². The molecule has 0 saturated carbocycles. The maximum atomic E-state index is 5.24. The van der Waals surface area contributed by atoms with Gasteiger partial charge in [-0.05, 0) is 25.1 Å². The predicted octanol–water partition coefficient (Wildman–Crippen LogP) is 3.61. The van der Waals surface area contributed by atoms with Gasteiger partial charge in [0.15, 0.2) is 5.82 Å². The van der Waals surface area contributed by atoms with Crippen LogP contribution >= 0.6 is 0 Å². The van der Waals surface area contributed by atoms with E-state index >= 15 is 0 Å². The first-order valence-corrected chi connectivity index (χ1v) is 6.16. The van der Waals surface area contributed by atoms with Crippen LogP contribution in [0.15, 0.2) is 48.5 Å². The highest BCUT2D eigenvalue weighted by Crippen LogP contribution is 2.24. The van der Waals surface area contributed by atoms with Crippen LogP contribution < -0.4 is 4.74 Å². The van der Waals surface area contributed by atoms with Gasteiger partial charge in [-0.1, -0.05) is 30.3 Å². The molecule has 3 nitrogen and oxygen atoms in total. The zero-order valence-electron chi connectivity index (χ0n) is 10.9. The Balaban J connectivity index is 2.19. The average molecular weight is 250 g/mol. The number of benzene rings is 2. The van der Waals surface area contributed by atoms with E-state index in [4.69, 9.17) is 4.74 Å². The Labute approximate surface area is 111 Å². The lowest BCUT2D eigenvalue weighted by molar-refractivity contribution is 0.415. The van der Waals surface area contributed by atoms with Crippen LogP contribution in [0.5, 0.6) is 5.75 Å². The zero-order valence-corrected chi connectivity index (χ0v) is 10.9. The molecule has 0 fully saturated rings. The molecular weight excluding hydrogens is 236 g/mol. The molecule has 3 aromatic rings. The molecule has 0 aliphatic carbocycles. The maximum absolute atomic E-state index is 5.24. The number of para-hydroxylation sites is 1. The number of rotatable bonds is 2. The van der Waals surface area contributed by atoms with Gasteiger partial charge < -0.3 is 4.74 Å². The van der Waals surface area contributed by atoms with Gasteiger partial charge >= 0.3 is 0 Å². The molecule has 0 unspecified atom stereocenters. The topological polar surface area (TPSA) is 35.0 Å². The van der Waals surface area contributed by atoms with Gasteiger partial charge in [0.2, 0.25) is 0 Å². The van der Waals surface area contributed by atoms with Crippen LogP contribution in [0, 0.1) is 6.92 Å². The molecular formula is C16H14N2O. The van der Waals surface area contributed by atoms with E-state index in [2.05, 4.69) is 9.97 Å². The highest BCUT2D eigenvalue weighted by molar-refractivity contribution is 5.82. The smallest absolute Gasteiger partial charge is 0.160 e. The minimum absolute atomic E-state index is 0.732. The summed E-state index contributed by atoms with van der Waals surface area (Å²) in [5.74, 6) is 1.54. The third kappa shape index (κ3) is 2.15. The van der Waals surface area contributed by atoms with Crippen molar-refractivity contribution in [2.45, 2.75) is 6.92 Å². The van der Waals surface area contributed by atoms with Crippen molar-refractivity contribution >= 4 is 10.9 Å². The lowest BCUT2D eigenvalue weighted by Crippen LogP contribution is -1.94. The van der Waals surface area contributed by atoms with E-state index in [9.17, 15) is 0 Å². The first kappa shape index (κ1) is 11.7. The van der Waals surface area contributed by atoms with Crippen LogP contribution in [-0.2, 0) is 0 Å². The summed E-state index contributed by atoms with van der Waals surface area (Å²) in [6.07, 6.45) is 0. The number of fused-ring (bicyclic) bond motifs is 1. The fourth-order valence-electron chi connectivity index (χ4n) is 2.13.